The van der Waals surface area contributed by atoms with Crippen LogP contribution in [0.2, 0.25) is 0 Å². The number of nitrogens with zero attached hydrogens (tertiary/aromatic N) is 3. The van der Waals surface area contributed by atoms with E-state index in [1.807, 2.05) is 23.6 Å². The maximum atomic E-state index is 13.4. The number of hydrogen-bond donors (Lipinski definition) is 0. The largest absolute Gasteiger partial charge is 0.474 e. The molecule has 5 rings (SSSR count). The third-order valence-corrected chi connectivity index (χ3v) is 6.17. The topological polar surface area (TPSA) is 73.7 Å². The van der Waals surface area contributed by atoms with E-state index in [1.54, 1.807) is 18.5 Å². The molecule has 0 saturated carbocycles. The van der Waals surface area contributed by atoms with E-state index < -0.39 is 0 Å². The molecule has 7 heteroatoms. The van der Waals surface area contributed by atoms with Gasteiger partial charge in [-0.3, -0.25) is 9.59 Å². The maximum absolute atomic E-state index is 13.4. The van der Waals surface area contributed by atoms with Crippen molar-refractivity contribution in [2.75, 3.05) is 19.8 Å². The Kier molecular flexibility index (Phi) is 5.27. The fourth-order valence-corrected chi connectivity index (χ4v) is 4.49. The van der Waals surface area contributed by atoms with Crippen molar-refractivity contribution in [1.82, 2.24) is 14.5 Å². The number of hydrogen-bond acceptors (Lipinski definition) is 5. The zero-order valence-electron chi connectivity index (χ0n) is 18.0. The summed E-state index contributed by atoms with van der Waals surface area (Å²) in [5.41, 5.74) is 3.60. The molecule has 1 amide bonds. The van der Waals surface area contributed by atoms with E-state index >= 15 is 0 Å². The summed E-state index contributed by atoms with van der Waals surface area (Å²) in [5.74, 6) is 0.0494. The average Bonchev–Trinajstić information content (AvgIpc) is 3.22. The summed E-state index contributed by atoms with van der Waals surface area (Å²) in [7, 11) is 0. The summed E-state index contributed by atoms with van der Waals surface area (Å²) in [6.07, 6.45) is 4.87. The Hall–Kier alpha value is -3.45. The number of aromatic nitrogens is 2. The van der Waals surface area contributed by atoms with Gasteiger partial charge in [0, 0.05) is 43.9 Å². The van der Waals surface area contributed by atoms with Crippen molar-refractivity contribution < 1.29 is 14.3 Å². The van der Waals surface area contributed by atoms with Gasteiger partial charge in [0.25, 0.3) is 5.91 Å². The molecule has 0 N–H and O–H groups in total. The van der Waals surface area contributed by atoms with Gasteiger partial charge in [-0.15, -0.1) is 0 Å². The first-order chi connectivity index (χ1) is 15.5. The van der Waals surface area contributed by atoms with E-state index in [0.29, 0.717) is 42.2 Å². The monoisotopic (exact) mass is 431 g/mol. The summed E-state index contributed by atoms with van der Waals surface area (Å²) in [4.78, 5) is 32.5. The maximum Gasteiger partial charge on any atom is 0.263 e. The predicted octanol–water partition coefficient (Wildman–Crippen LogP) is 2.95. The number of amides is 1. The number of rotatable bonds is 4. The number of carbonyl (C=O) groups excluding carboxylic acids is 1. The summed E-state index contributed by atoms with van der Waals surface area (Å²) >= 11 is 0. The lowest BCUT2D eigenvalue weighted by atomic mass is 10.1. The molecule has 3 heterocycles. The zero-order valence-corrected chi connectivity index (χ0v) is 18.0. The van der Waals surface area contributed by atoms with Gasteiger partial charge in [-0.25, -0.2) is 4.98 Å². The van der Waals surface area contributed by atoms with Crippen LogP contribution in [0.4, 0.5) is 0 Å². The molecule has 1 fully saturated rings. The van der Waals surface area contributed by atoms with Crippen LogP contribution in [0.3, 0.4) is 0 Å². The number of aryl methyl sites for hydroxylation is 1. The highest BCUT2D eigenvalue weighted by molar-refractivity contribution is 5.98. The Balaban J connectivity index is 1.49. The van der Waals surface area contributed by atoms with Crippen LogP contribution in [0.25, 0.3) is 10.9 Å². The van der Waals surface area contributed by atoms with Crippen LogP contribution >= 0.6 is 0 Å². The number of benzene rings is 1. The molecule has 0 bridgehead atoms. The highest BCUT2D eigenvalue weighted by Crippen LogP contribution is 2.26. The van der Waals surface area contributed by atoms with Crippen molar-refractivity contribution >= 4 is 16.8 Å². The van der Waals surface area contributed by atoms with Crippen molar-refractivity contribution in [2.45, 2.75) is 32.4 Å². The van der Waals surface area contributed by atoms with Crippen LogP contribution in [0.1, 0.15) is 28.4 Å². The third kappa shape index (κ3) is 3.58. The quantitative estimate of drug-likeness (QED) is 0.635. The molecular formula is C25H25N3O4. The fourth-order valence-electron chi connectivity index (χ4n) is 4.49. The van der Waals surface area contributed by atoms with Crippen LogP contribution in [-0.2, 0) is 24.1 Å². The molecule has 1 aromatic carbocycles. The Morgan fingerprint density at radius 1 is 1.28 bits per heavy atom. The van der Waals surface area contributed by atoms with Crippen LogP contribution in [-0.4, -0.2) is 46.2 Å². The van der Waals surface area contributed by atoms with Gasteiger partial charge in [-0.1, -0.05) is 30.8 Å². The summed E-state index contributed by atoms with van der Waals surface area (Å²) in [6.45, 7) is 7.56. The van der Waals surface area contributed by atoms with E-state index in [9.17, 15) is 9.59 Å². The predicted molar refractivity (Wildman–Crippen MR) is 121 cm³/mol. The van der Waals surface area contributed by atoms with Crippen LogP contribution in [0.15, 0.2) is 59.8 Å². The zero-order chi connectivity index (χ0) is 22.2. The molecule has 1 aliphatic heterocycles. The van der Waals surface area contributed by atoms with Crippen LogP contribution in [0, 0.1) is 0 Å². The minimum Gasteiger partial charge on any atom is -0.474 e. The van der Waals surface area contributed by atoms with Gasteiger partial charge in [0.05, 0.1) is 30.3 Å². The van der Waals surface area contributed by atoms with Crippen molar-refractivity contribution in [3.63, 3.8) is 0 Å². The van der Waals surface area contributed by atoms with Gasteiger partial charge >= 0.3 is 0 Å². The van der Waals surface area contributed by atoms with Crippen molar-refractivity contribution in [3.8, 4) is 5.88 Å². The van der Waals surface area contributed by atoms with Gasteiger partial charge in [-0.2, -0.15) is 0 Å². The number of ether oxygens (including phenoxy) is 2. The average molecular weight is 431 g/mol. The Morgan fingerprint density at radius 3 is 2.72 bits per heavy atom. The summed E-state index contributed by atoms with van der Waals surface area (Å²) < 4.78 is 13.4. The molecular weight excluding hydrogens is 406 g/mol. The second-order valence-corrected chi connectivity index (χ2v) is 8.19. The second-order valence-electron chi connectivity index (χ2n) is 8.19. The fraction of sp³-hybridized carbons (Fsp3) is 0.320. The molecule has 1 saturated heterocycles. The van der Waals surface area contributed by atoms with Crippen LogP contribution < -0.4 is 10.2 Å². The van der Waals surface area contributed by atoms with E-state index in [0.717, 1.165) is 12.8 Å². The smallest absolute Gasteiger partial charge is 0.263 e. The Morgan fingerprint density at radius 2 is 2.03 bits per heavy atom. The Labute approximate surface area is 185 Å². The molecule has 1 aliphatic carbocycles. The SMILES string of the molecule is C=C1COCCN1C(=O)c1cn(CC)c2cnc(OC3Cc4ccccc4C3)cc2c1=O. The lowest BCUT2D eigenvalue weighted by Crippen LogP contribution is -2.40. The highest BCUT2D eigenvalue weighted by Gasteiger charge is 2.26. The highest BCUT2D eigenvalue weighted by atomic mass is 16.5. The summed E-state index contributed by atoms with van der Waals surface area (Å²) in [5, 5.41) is 0.428. The number of morpholine rings is 1. The normalized spacial score (nSPS) is 16.4. The van der Waals surface area contributed by atoms with Gasteiger partial charge in [0.15, 0.2) is 0 Å². The van der Waals surface area contributed by atoms with E-state index in [2.05, 4.69) is 23.7 Å². The Bertz CT molecular complexity index is 1250. The van der Waals surface area contributed by atoms with Gasteiger partial charge in [0.1, 0.15) is 11.7 Å². The summed E-state index contributed by atoms with van der Waals surface area (Å²) in [6, 6.07) is 9.96. The lowest BCUT2D eigenvalue weighted by Gasteiger charge is -2.29. The van der Waals surface area contributed by atoms with Gasteiger partial charge in [0.2, 0.25) is 11.3 Å². The van der Waals surface area contributed by atoms with Crippen molar-refractivity contribution in [3.05, 3.63) is 81.9 Å². The van der Waals surface area contributed by atoms with Gasteiger partial charge < -0.3 is 18.9 Å². The number of pyridine rings is 2. The third-order valence-electron chi connectivity index (χ3n) is 6.17. The minimum absolute atomic E-state index is 0.0211. The van der Waals surface area contributed by atoms with Crippen LogP contribution in [0.5, 0.6) is 5.88 Å². The second kappa shape index (κ2) is 8.24. The number of fused-ring (bicyclic) bond motifs is 2. The molecule has 0 spiro atoms. The van der Waals surface area contributed by atoms with E-state index in [1.165, 1.54) is 16.0 Å². The molecule has 164 valence electrons. The minimum atomic E-state index is -0.349. The molecule has 7 nitrogen and oxygen atoms in total. The van der Waals surface area contributed by atoms with Gasteiger partial charge in [-0.05, 0) is 18.1 Å². The molecule has 2 aromatic heterocycles. The first-order valence-corrected chi connectivity index (χ1v) is 10.9. The number of carbonyl (C=O) groups is 1. The van der Waals surface area contributed by atoms with Crippen molar-refractivity contribution in [1.29, 1.82) is 0 Å². The molecule has 3 aromatic rings. The lowest BCUT2D eigenvalue weighted by molar-refractivity contribution is 0.0514. The molecule has 2 aliphatic rings. The standard InChI is InChI=1S/C25H25N3O4/c1-3-27-14-21(25(30)28-8-9-31-15-16(28)2)24(29)20-12-23(26-13-22(20)27)32-19-10-17-6-4-5-7-18(17)11-19/h4-7,12-14,19H,2-3,8-11,15H2,1H3. The van der Waals surface area contributed by atoms with E-state index in [-0.39, 0.29) is 29.6 Å². The first-order valence-electron chi connectivity index (χ1n) is 10.9. The first kappa shape index (κ1) is 20.5. The molecule has 0 atom stereocenters. The molecule has 32 heavy (non-hydrogen) atoms. The van der Waals surface area contributed by atoms with Crippen molar-refractivity contribution in [2.24, 2.45) is 0 Å². The van der Waals surface area contributed by atoms with E-state index in [4.69, 9.17) is 9.47 Å². The molecule has 0 radical (unpaired) electrons. The molecule has 0 unspecified atom stereocenters.